The normalized spacial score (nSPS) is 10.8. The maximum atomic E-state index is 5.43. The first-order valence-electron chi connectivity index (χ1n) is 5.53. The predicted octanol–water partition coefficient (Wildman–Crippen LogP) is 2.48. The van der Waals surface area contributed by atoms with Gasteiger partial charge in [0.15, 0.2) is 6.61 Å². The Labute approximate surface area is 99.8 Å². The van der Waals surface area contributed by atoms with E-state index in [4.69, 9.17) is 9.15 Å². The van der Waals surface area contributed by atoms with E-state index in [-0.39, 0.29) is 12.5 Å². The highest BCUT2D eigenvalue weighted by Gasteiger charge is 2.09. The van der Waals surface area contributed by atoms with Gasteiger partial charge in [0.2, 0.25) is 11.8 Å². The fourth-order valence-electron chi connectivity index (χ4n) is 1.23. The van der Waals surface area contributed by atoms with Gasteiger partial charge in [-0.1, -0.05) is 19.9 Å². The van der Waals surface area contributed by atoms with Crippen LogP contribution in [0.15, 0.2) is 22.7 Å². The third-order valence-corrected chi connectivity index (χ3v) is 2.20. The summed E-state index contributed by atoms with van der Waals surface area (Å²) in [7, 11) is 0. The van der Waals surface area contributed by atoms with Crippen molar-refractivity contribution in [2.75, 3.05) is 0 Å². The highest BCUT2D eigenvalue weighted by Crippen LogP contribution is 2.13. The molecule has 0 aromatic carbocycles. The van der Waals surface area contributed by atoms with Gasteiger partial charge in [0.05, 0.1) is 0 Å². The van der Waals surface area contributed by atoms with Gasteiger partial charge in [-0.25, -0.2) is 4.98 Å². The molecule has 0 fully saturated rings. The molecule has 0 amide bonds. The third-order valence-electron chi connectivity index (χ3n) is 2.20. The number of pyridine rings is 1. The monoisotopic (exact) mass is 233 g/mol. The van der Waals surface area contributed by atoms with Crippen molar-refractivity contribution >= 4 is 0 Å². The molecule has 0 spiro atoms. The van der Waals surface area contributed by atoms with Crippen LogP contribution in [0.3, 0.4) is 0 Å². The molecule has 5 nitrogen and oxygen atoms in total. The molecule has 0 bridgehead atoms. The molecule has 5 heteroatoms. The molecule has 0 aliphatic heterocycles. The number of rotatable bonds is 4. The summed E-state index contributed by atoms with van der Waals surface area (Å²) in [6.45, 7) is 6.22. The second kappa shape index (κ2) is 4.95. The van der Waals surface area contributed by atoms with E-state index >= 15 is 0 Å². The standard InChI is InChI=1S/C12H15N3O2/c1-8(2)12-15-14-11(17-12)7-16-10-5-4-9(3)6-13-10/h4-6,8H,7H2,1-3H3. The van der Waals surface area contributed by atoms with E-state index in [1.807, 2.05) is 32.9 Å². The van der Waals surface area contributed by atoms with E-state index in [0.717, 1.165) is 5.56 Å². The Morgan fingerprint density at radius 1 is 1.29 bits per heavy atom. The van der Waals surface area contributed by atoms with Gasteiger partial charge in [-0.05, 0) is 12.5 Å². The Kier molecular flexibility index (Phi) is 3.37. The SMILES string of the molecule is Cc1ccc(OCc2nnc(C(C)C)o2)nc1. The molecule has 0 aliphatic carbocycles. The zero-order valence-corrected chi connectivity index (χ0v) is 10.2. The van der Waals surface area contributed by atoms with Gasteiger partial charge in [-0.3, -0.25) is 0 Å². The summed E-state index contributed by atoms with van der Waals surface area (Å²) in [5.74, 6) is 1.88. The summed E-state index contributed by atoms with van der Waals surface area (Å²) >= 11 is 0. The van der Waals surface area contributed by atoms with Crippen LogP contribution in [-0.2, 0) is 6.61 Å². The molecule has 0 atom stereocenters. The van der Waals surface area contributed by atoms with Gasteiger partial charge in [0, 0.05) is 18.2 Å². The van der Waals surface area contributed by atoms with Crippen molar-refractivity contribution in [3.8, 4) is 5.88 Å². The van der Waals surface area contributed by atoms with E-state index < -0.39 is 0 Å². The number of nitrogens with zero attached hydrogens (tertiary/aromatic N) is 3. The Morgan fingerprint density at radius 2 is 2.12 bits per heavy atom. The fourth-order valence-corrected chi connectivity index (χ4v) is 1.23. The van der Waals surface area contributed by atoms with E-state index in [0.29, 0.717) is 17.7 Å². The van der Waals surface area contributed by atoms with Crippen LogP contribution in [0.25, 0.3) is 0 Å². The van der Waals surface area contributed by atoms with Crippen molar-refractivity contribution in [2.45, 2.75) is 33.3 Å². The van der Waals surface area contributed by atoms with Crippen LogP contribution in [0.2, 0.25) is 0 Å². The van der Waals surface area contributed by atoms with E-state index in [1.54, 1.807) is 6.20 Å². The van der Waals surface area contributed by atoms with Crippen LogP contribution in [0.1, 0.15) is 37.1 Å². The first-order chi connectivity index (χ1) is 8.15. The van der Waals surface area contributed by atoms with E-state index in [2.05, 4.69) is 15.2 Å². The average molecular weight is 233 g/mol. The maximum Gasteiger partial charge on any atom is 0.253 e. The third kappa shape index (κ3) is 3.03. The van der Waals surface area contributed by atoms with Crippen LogP contribution in [0.4, 0.5) is 0 Å². The number of aryl methyl sites for hydroxylation is 1. The van der Waals surface area contributed by atoms with Gasteiger partial charge >= 0.3 is 0 Å². The maximum absolute atomic E-state index is 5.43. The molecule has 0 aliphatic rings. The fraction of sp³-hybridized carbons (Fsp3) is 0.417. The van der Waals surface area contributed by atoms with Crippen molar-refractivity contribution in [3.05, 3.63) is 35.7 Å². The van der Waals surface area contributed by atoms with Crippen LogP contribution in [-0.4, -0.2) is 15.2 Å². The first-order valence-corrected chi connectivity index (χ1v) is 5.53. The van der Waals surface area contributed by atoms with Crippen LogP contribution < -0.4 is 4.74 Å². The van der Waals surface area contributed by atoms with Gasteiger partial charge in [0.1, 0.15) is 0 Å². The minimum Gasteiger partial charge on any atom is -0.468 e. The molecule has 0 radical (unpaired) electrons. The molecule has 2 aromatic rings. The second-order valence-electron chi connectivity index (χ2n) is 4.15. The predicted molar refractivity (Wildman–Crippen MR) is 61.7 cm³/mol. The van der Waals surface area contributed by atoms with Crippen molar-refractivity contribution in [1.82, 2.24) is 15.2 Å². The molecule has 17 heavy (non-hydrogen) atoms. The quantitative estimate of drug-likeness (QED) is 0.811. The summed E-state index contributed by atoms with van der Waals surface area (Å²) < 4.78 is 10.8. The van der Waals surface area contributed by atoms with Crippen molar-refractivity contribution < 1.29 is 9.15 Å². The summed E-state index contributed by atoms with van der Waals surface area (Å²) in [6, 6.07) is 3.75. The second-order valence-corrected chi connectivity index (χ2v) is 4.15. The molecular weight excluding hydrogens is 218 g/mol. The summed E-state index contributed by atoms with van der Waals surface area (Å²) in [5, 5.41) is 7.83. The molecule has 2 aromatic heterocycles. The van der Waals surface area contributed by atoms with Crippen molar-refractivity contribution in [2.24, 2.45) is 0 Å². The Bertz CT molecular complexity index is 477. The molecule has 0 unspecified atom stereocenters. The molecule has 0 saturated heterocycles. The topological polar surface area (TPSA) is 61.0 Å². The van der Waals surface area contributed by atoms with Gasteiger partial charge in [-0.15, -0.1) is 10.2 Å². The average Bonchev–Trinajstić information content (AvgIpc) is 2.77. The van der Waals surface area contributed by atoms with Gasteiger partial charge < -0.3 is 9.15 Å². The molecule has 0 N–H and O–H groups in total. The molecule has 0 saturated carbocycles. The lowest BCUT2D eigenvalue weighted by Gasteiger charge is -2.01. The van der Waals surface area contributed by atoms with Crippen LogP contribution in [0, 0.1) is 6.92 Å². The lowest BCUT2D eigenvalue weighted by molar-refractivity contribution is 0.248. The number of hydrogen-bond donors (Lipinski definition) is 0. The molecule has 90 valence electrons. The van der Waals surface area contributed by atoms with Gasteiger partial charge in [0.25, 0.3) is 5.89 Å². The Morgan fingerprint density at radius 3 is 2.71 bits per heavy atom. The molecular formula is C12H15N3O2. The first kappa shape index (κ1) is 11.6. The largest absolute Gasteiger partial charge is 0.468 e. The van der Waals surface area contributed by atoms with Crippen molar-refractivity contribution in [1.29, 1.82) is 0 Å². The Balaban J connectivity index is 1.95. The summed E-state index contributed by atoms with van der Waals surface area (Å²) in [6.07, 6.45) is 1.75. The van der Waals surface area contributed by atoms with Crippen LogP contribution in [0.5, 0.6) is 5.88 Å². The number of ether oxygens (including phenoxy) is 1. The lowest BCUT2D eigenvalue weighted by Crippen LogP contribution is -1.97. The lowest BCUT2D eigenvalue weighted by atomic mass is 10.2. The highest BCUT2D eigenvalue weighted by molar-refractivity contribution is 5.16. The van der Waals surface area contributed by atoms with E-state index in [1.165, 1.54) is 0 Å². The minimum atomic E-state index is 0.230. The minimum absolute atomic E-state index is 0.230. The van der Waals surface area contributed by atoms with Gasteiger partial charge in [-0.2, -0.15) is 0 Å². The summed E-state index contributed by atoms with van der Waals surface area (Å²) in [4.78, 5) is 4.12. The molecule has 2 rings (SSSR count). The summed E-state index contributed by atoms with van der Waals surface area (Å²) in [5.41, 5.74) is 1.09. The van der Waals surface area contributed by atoms with Crippen LogP contribution >= 0.6 is 0 Å². The smallest absolute Gasteiger partial charge is 0.253 e. The number of hydrogen-bond acceptors (Lipinski definition) is 5. The highest BCUT2D eigenvalue weighted by atomic mass is 16.5. The molecule has 2 heterocycles. The zero-order valence-electron chi connectivity index (χ0n) is 10.2. The van der Waals surface area contributed by atoms with Crippen molar-refractivity contribution in [3.63, 3.8) is 0 Å². The zero-order chi connectivity index (χ0) is 12.3. The number of aromatic nitrogens is 3. The van der Waals surface area contributed by atoms with E-state index in [9.17, 15) is 0 Å². The Hall–Kier alpha value is -1.91.